The van der Waals surface area contributed by atoms with Crippen LogP contribution in [0.2, 0.25) is 0 Å². The monoisotopic (exact) mass is 614 g/mol. The number of aromatic amines is 1. The van der Waals surface area contributed by atoms with Crippen molar-refractivity contribution in [1.82, 2.24) is 19.4 Å². The number of hydrogen-bond acceptors (Lipinski definition) is 6. The molecule has 0 aliphatic carbocycles. The first-order valence-electron chi connectivity index (χ1n) is 11.7. The Kier molecular flexibility index (Phi) is 8.25. The van der Waals surface area contributed by atoms with E-state index in [4.69, 9.17) is 9.47 Å². The summed E-state index contributed by atoms with van der Waals surface area (Å²) in [6.07, 6.45) is -11.9. The molecule has 1 aromatic heterocycles. The highest BCUT2D eigenvalue weighted by Gasteiger charge is 2.48. The molecule has 2 aromatic carbocycles. The topological polar surface area (TPSA) is 130 Å². The van der Waals surface area contributed by atoms with Gasteiger partial charge in [-0.25, -0.2) is 13.8 Å². The second kappa shape index (κ2) is 11.0. The summed E-state index contributed by atoms with van der Waals surface area (Å²) < 4.78 is 119. The standard InChI is InChI=1S/C23H22F7N4O6P/c1-13(14-10-16(22(25,26)27)12-17(11-14)23(28,29)30)40-21(33-6-8-39-9-7-33,15-2-4-18(24)5-3-15)19-31-20(35)34(32-19)41(36,37)38/h2-5,10-13H,6-9H2,1H3,(H,31,32,35)(H2,36,37,38)/t13-,21?/m1/s1. The minimum atomic E-state index is -5.33. The summed E-state index contributed by atoms with van der Waals surface area (Å²) in [5.74, 6) is -1.30. The number of nitrogens with one attached hydrogen (secondary N) is 1. The smallest absolute Gasteiger partial charge is 0.379 e. The minimum absolute atomic E-state index is 0.00864. The van der Waals surface area contributed by atoms with E-state index in [0.717, 1.165) is 19.1 Å². The molecule has 2 atom stereocenters. The fourth-order valence-electron chi connectivity index (χ4n) is 4.40. The van der Waals surface area contributed by atoms with Crippen LogP contribution in [0.1, 0.15) is 41.1 Å². The van der Waals surface area contributed by atoms with Crippen molar-refractivity contribution in [3.63, 3.8) is 0 Å². The maximum absolute atomic E-state index is 13.9. The Morgan fingerprint density at radius 1 is 0.976 bits per heavy atom. The predicted octanol–water partition coefficient (Wildman–Crippen LogP) is 4.00. The van der Waals surface area contributed by atoms with Gasteiger partial charge in [0.1, 0.15) is 5.82 Å². The van der Waals surface area contributed by atoms with Crippen LogP contribution >= 0.6 is 7.75 Å². The van der Waals surface area contributed by atoms with Gasteiger partial charge in [0.05, 0.1) is 30.4 Å². The van der Waals surface area contributed by atoms with Gasteiger partial charge in [-0.1, -0.05) is 12.1 Å². The highest BCUT2D eigenvalue weighted by molar-refractivity contribution is 7.49. The van der Waals surface area contributed by atoms with Crippen LogP contribution in [0.3, 0.4) is 0 Å². The zero-order valence-electron chi connectivity index (χ0n) is 20.9. The largest absolute Gasteiger partial charge is 0.454 e. The molecule has 224 valence electrons. The first kappa shape index (κ1) is 30.9. The van der Waals surface area contributed by atoms with Gasteiger partial charge in [-0.3, -0.25) is 9.88 Å². The zero-order valence-corrected chi connectivity index (χ0v) is 21.8. The number of rotatable bonds is 7. The Balaban J connectivity index is 1.97. The lowest BCUT2D eigenvalue weighted by atomic mass is 9.97. The van der Waals surface area contributed by atoms with E-state index in [9.17, 15) is 49.9 Å². The molecule has 1 aliphatic heterocycles. The Morgan fingerprint density at radius 2 is 1.51 bits per heavy atom. The van der Waals surface area contributed by atoms with Crippen LogP contribution < -0.4 is 5.69 Å². The first-order valence-corrected chi connectivity index (χ1v) is 13.3. The lowest BCUT2D eigenvalue weighted by Crippen LogP contribution is -2.54. The van der Waals surface area contributed by atoms with E-state index in [1.165, 1.54) is 17.0 Å². The summed E-state index contributed by atoms with van der Waals surface area (Å²) in [5, 5.41) is 3.71. The number of morpholine rings is 1. The molecule has 0 saturated carbocycles. The van der Waals surface area contributed by atoms with Crippen LogP contribution in [0.4, 0.5) is 30.7 Å². The molecular formula is C23H22F7N4O6P. The third kappa shape index (κ3) is 6.39. The molecule has 2 heterocycles. The van der Waals surface area contributed by atoms with Crippen LogP contribution in [0.25, 0.3) is 0 Å². The molecule has 18 heteroatoms. The average molecular weight is 614 g/mol. The molecule has 0 bridgehead atoms. The van der Waals surface area contributed by atoms with Crippen molar-refractivity contribution in [3.8, 4) is 0 Å². The third-order valence-corrected chi connectivity index (χ3v) is 7.05. The van der Waals surface area contributed by atoms with Crippen molar-refractivity contribution in [2.24, 2.45) is 0 Å². The summed E-state index contributed by atoms with van der Waals surface area (Å²) >= 11 is 0. The lowest BCUT2D eigenvalue weighted by molar-refractivity contribution is -0.189. The van der Waals surface area contributed by atoms with Gasteiger partial charge in [-0.15, -0.1) is 9.55 Å². The second-order valence-electron chi connectivity index (χ2n) is 9.03. The van der Waals surface area contributed by atoms with Gasteiger partial charge >= 0.3 is 25.8 Å². The first-order chi connectivity index (χ1) is 18.9. The fourth-order valence-corrected chi connectivity index (χ4v) is 4.90. The molecule has 0 radical (unpaired) electrons. The molecule has 1 aliphatic rings. The van der Waals surface area contributed by atoms with Crippen molar-refractivity contribution in [3.05, 3.63) is 86.8 Å². The number of hydrogen-bond donors (Lipinski definition) is 3. The van der Waals surface area contributed by atoms with Gasteiger partial charge in [0.2, 0.25) is 5.72 Å². The van der Waals surface area contributed by atoms with Gasteiger partial charge in [0.25, 0.3) is 0 Å². The van der Waals surface area contributed by atoms with Gasteiger partial charge < -0.3 is 19.3 Å². The van der Waals surface area contributed by atoms with Crippen molar-refractivity contribution < 1.29 is 54.6 Å². The number of benzene rings is 2. The molecule has 10 nitrogen and oxygen atoms in total. The highest BCUT2D eigenvalue weighted by Crippen LogP contribution is 2.44. The minimum Gasteiger partial charge on any atom is -0.379 e. The average Bonchev–Trinajstić information content (AvgIpc) is 3.29. The summed E-state index contributed by atoms with van der Waals surface area (Å²) in [7, 11) is -5.33. The Labute approximate surface area is 226 Å². The van der Waals surface area contributed by atoms with Crippen molar-refractivity contribution in [1.29, 1.82) is 0 Å². The van der Waals surface area contributed by atoms with Gasteiger partial charge in [-0.05, 0) is 42.8 Å². The maximum atomic E-state index is 13.9. The Bertz CT molecular complexity index is 1460. The molecule has 3 aromatic rings. The molecule has 1 unspecified atom stereocenters. The number of alkyl halides is 6. The van der Waals surface area contributed by atoms with Crippen LogP contribution in [0.5, 0.6) is 0 Å². The molecule has 41 heavy (non-hydrogen) atoms. The normalized spacial score (nSPS) is 17.8. The summed E-state index contributed by atoms with van der Waals surface area (Å²) in [5.41, 5.74) is -7.37. The van der Waals surface area contributed by atoms with Crippen LogP contribution in [0.15, 0.2) is 47.3 Å². The van der Waals surface area contributed by atoms with E-state index in [-0.39, 0.29) is 42.4 Å². The van der Waals surface area contributed by atoms with Crippen LogP contribution in [-0.2, 0) is 32.1 Å². The molecule has 3 N–H and O–H groups in total. The van der Waals surface area contributed by atoms with E-state index in [0.29, 0.717) is 12.1 Å². The van der Waals surface area contributed by atoms with E-state index in [2.05, 4.69) is 10.1 Å². The SMILES string of the molecule is C[C@@H](OC(c1ccc(F)cc1)(c1nn(P(=O)(O)O)c(=O)[nH]1)N1CCOCC1)c1cc(C(F)(F)F)cc(C(F)(F)F)c1. The van der Waals surface area contributed by atoms with E-state index in [1.54, 1.807) is 0 Å². The second-order valence-corrected chi connectivity index (χ2v) is 10.4. The maximum Gasteiger partial charge on any atom is 0.454 e. The quantitative estimate of drug-likeness (QED) is 0.269. The molecule has 0 spiro atoms. The number of ether oxygens (including phenoxy) is 2. The molecular weight excluding hydrogens is 592 g/mol. The molecule has 4 rings (SSSR count). The highest BCUT2D eigenvalue weighted by atomic mass is 31.2. The van der Waals surface area contributed by atoms with Gasteiger partial charge in [0, 0.05) is 18.7 Å². The number of halogens is 7. The van der Waals surface area contributed by atoms with E-state index in [1.807, 2.05) is 0 Å². The molecule has 1 saturated heterocycles. The molecule has 1 fully saturated rings. The summed E-state index contributed by atoms with van der Waals surface area (Å²) in [6.45, 7) is 1.22. The predicted molar refractivity (Wildman–Crippen MR) is 126 cm³/mol. The lowest BCUT2D eigenvalue weighted by Gasteiger charge is -2.45. The Morgan fingerprint density at radius 3 is 1.98 bits per heavy atom. The van der Waals surface area contributed by atoms with E-state index >= 15 is 0 Å². The van der Waals surface area contributed by atoms with Gasteiger partial charge in [-0.2, -0.15) is 26.3 Å². The number of H-pyrrole nitrogens is 1. The van der Waals surface area contributed by atoms with Crippen molar-refractivity contribution >= 4 is 7.75 Å². The zero-order chi connectivity index (χ0) is 30.4. The fraction of sp³-hybridized carbons (Fsp3) is 0.391. The van der Waals surface area contributed by atoms with Gasteiger partial charge in [0.15, 0.2) is 5.82 Å². The molecule has 0 amide bonds. The van der Waals surface area contributed by atoms with Crippen LogP contribution in [0, 0.1) is 5.82 Å². The van der Waals surface area contributed by atoms with Crippen molar-refractivity contribution in [2.45, 2.75) is 31.1 Å². The number of nitrogens with zero attached hydrogens (tertiary/aromatic N) is 3. The van der Waals surface area contributed by atoms with Crippen LogP contribution in [-0.4, -0.2) is 55.5 Å². The summed E-state index contributed by atoms with van der Waals surface area (Å²) in [4.78, 5) is 35.3. The summed E-state index contributed by atoms with van der Waals surface area (Å²) in [6, 6.07) is 5.16. The Hall–Kier alpha value is -3.08. The third-order valence-electron chi connectivity index (χ3n) is 6.29. The van der Waals surface area contributed by atoms with E-state index < -0.39 is 65.9 Å². The van der Waals surface area contributed by atoms with Crippen molar-refractivity contribution in [2.75, 3.05) is 26.3 Å². The number of aromatic nitrogens is 3.